The fraction of sp³-hybridized carbons (Fsp3) is 0.611. The number of hydrogen-bond donors (Lipinski definition) is 1. The summed E-state index contributed by atoms with van der Waals surface area (Å²) in [6.45, 7) is 8.01. The van der Waals surface area contributed by atoms with Crippen LogP contribution < -0.4 is 5.32 Å². The summed E-state index contributed by atoms with van der Waals surface area (Å²) in [4.78, 5) is 13.8. The molecule has 1 amide bonds. The number of nitrogens with zero attached hydrogens (tertiary/aromatic N) is 2. The van der Waals surface area contributed by atoms with E-state index in [1.807, 2.05) is 30.9 Å². The largest absolute Gasteiger partial charge is 0.342 e. The minimum atomic E-state index is -3.51. The van der Waals surface area contributed by atoms with Crippen LogP contribution in [0.1, 0.15) is 31.9 Å². The number of piperazine rings is 1. The summed E-state index contributed by atoms with van der Waals surface area (Å²) in [7, 11) is -3.51. The van der Waals surface area contributed by atoms with Gasteiger partial charge in [0, 0.05) is 45.2 Å². The molecule has 1 aromatic carbocycles. The van der Waals surface area contributed by atoms with Crippen LogP contribution in [0.15, 0.2) is 23.1 Å². The third kappa shape index (κ3) is 4.22. The first-order chi connectivity index (χ1) is 11.8. The predicted octanol–water partition coefficient (Wildman–Crippen LogP) is 1.43. The lowest BCUT2D eigenvalue weighted by molar-refractivity contribution is -0.128. The average Bonchev–Trinajstić information content (AvgIpc) is 2.79. The molecule has 6 nitrogen and oxygen atoms in total. The van der Waals surface area contributed by atoms with Crippen molar-refractivity contribution < 1.29 is 13.2 Å². The SMILES string of the molecule is CC(=O)N1CCc2ccc(S(=O)(=O)N3CC(C)NCC3C)cc2CC1.Cl. The third-order valence-corrected chi connectivity index (χ3v) is 7.21. The van der Waals surface area contributed by atoms with Crippen molar-refractivity contribution >= 4 is 28.3 Å². The maximum atomic E-state index is 13.1. The van der Waals surface area contributed by atoms with E-state index in [0.717, 1.165) is 17.5 Å². The highest BCUT2D eigenvalue weighted by Crippen LogP contribution is 2.25. The van der Waals surface area contributed by atoms with E-state index < -0.39 is 10.0 Å². The van der Waals surface area contributed by atoms with Gasteiger partial charge >= 0.3 is 0 Å². The van der Waals surface area contributed by atoms with Crippen molar-refractivity contribution in [1.29, 1.82) is 0 Å². The van der Waals surface area contributed by atoms with Gasteiger partial charge in [0.15, 0.2) is 0 Å². The second-order valence-electron chi connectivity index (χ2n) is 7.17. The van der Waals surface area contributed by atoms with Crippen LogP contribution in [-0.2, 0) is 27.7 Å². The molecule has 0 spiro atoms. The molecular weight excluding hydrogens is 374 g/mol. The summed E-state index contributed by atoms with van der Waals surface area (Å²) in [5.74, 6) is 0.0734. The first-order valence-electron chi connectivity index (χ1n) is 8.91. The van der Waals surface area contributed by atoms with Crippen molar-refractivity contribution in [3.63, 3.8) is 0 Å². The van der Waals surface area contributed by atoms with Gasteiger partial charge < -0.3 is 10.2 Å². The number of carbonyl (C=O) groups excluding carboxylic acids is 1. The van der Waals surface area contributed by atoms with Gasteiger partial charge in [-0.2, -0.15) is 4.31 Å². The quantitative estimate of drug-likeness (QED) is 0.813. The standard InChI is InChI=1S/C18H27N3O3S.ClH/c1-13-12-21(14(2)11-19-13)25(23,24)18-5-4-16-6-8-20(15(3)22)9-7-17(16)10-18;/h4-5,10,13-14,19H,6-9,11-12H2,1-3H3;1H. The van der Waals surface area contributed by atoms with Crippen molar-refractivity contribution in [3.8, 4) is 0 Å². The molecule has 0 aliphatic carbocycles. The van der Waals surface area contributed by atoms with Crippen molar-refractivity contribution in [2.24, 2.45) is 0 Å². The lowest BCUT2D eigenvalue weighted by atomic mass is 10.0. The second kappa shape index (κ2) is 8.25. The molecule has 1 saturated heterocycles. The summed E-state index contributed by atoms with van der Waals surface area (Å²) in [6.07, 6.45) is 1.47. The van der Waals surface area contributed by atoms with Crippen molar-refractivity contribution in [3.05, 3.63) is 29.3 Å². The van der Waals surface area contributed by atoms with Crippen LogP contribution >= 0.6 is 12.4 Å². The Hall–Kier alpha value is -1.15. The number of benzene rings is 1. The van der Waals surface area contributed by atoms with Gasteiger partial charge in [-0.25, -0.2) is 8.42 Å². The molecule has 1 N–H and O–H groups in total. The Morgan fingerprint density at radius 3 is 2.46 bits per heavy atom. The van der Waals surface area contributed by atoms with E-state index in [0.29, 0.717) is 37.5 Å². The molecule has 0 radical (unpaired) electrons. The molecule has 2 atom stereocenters. The summed E-state index contributed by atoms with van der Waals surface area (Å²) in [5, 5.41) is 3.32. The number of carbonyl (C=O) groups is 1. The predicted molar refractivity (Wildman–Crippen MR) is 104 cm³/mol. The van der Waals surface area contributed by atoms with Crippen LogP contribution in [-0.4, -0.2) is 61.8 Å². The van der Waals surface area contributed by atoms with Crippen LogP contribution in [0, 0.1) is 0 Å². The fourth-order valence-electron chi connectivity index (χ4n) is 3.64. The van der Waals surface area contributed by atoms with Gasteiger partial charge in [-0.05, 0) is 49.9 Å². The fourth-order valence-corrected chi connectivity index (χ4v) is 5.41. The van der Waals surface area contributed by atoms with Gasteiger partial charge in [0.05, 0.1) is 4.90 Å². The molecule has 2 aliphatic rings. The van der Waals surface area contributed by atoms with Gasteiger partial charge in [-0.3, -0.25) is 4.79 Å². The highest BCUT2D eigenvalue weighted by molar-refractivity contribution is 7.89. The Morgan fingerprint density at radius 2 is 1.81 bits per heavy atom. The molecule has 3 rings (SSSR count). The monoisotopic (exact) mass is 401 g/mol. The molecule has 2 aliphatic heterocycles. The Morgan fingerprint density at radius 1 is 1.15 bits per heavy atom. The zero-order valence-corrected chi connectivity index (χ0v) is 17.2. The number of rotatable bonds is 2. The maximum Gasteiger partial charge on any atom is 0.243 e. The average molecular weight is 402 g/mol. The van der Waals surface area contributed by atoms with Crippen molar-refractivity contribution in [2.45, 2.75) is 50.6 Å². The van der Waals surface area contributed by atoms with Crippen LogP contribution in [0.4, 0.5) is 0 Å². The van der Waals surface area contributed by atoms with E-state index in [1.165, 1.54) is 0 Å². The second-order valence-corrected chi connectivity index (χ2v) is 9.06. The van der Waals surface area contributed by atoms with Crippen LogP contribution in [0.25, 0.3) is 0 Å². The van der Waals surface area contributed by atoms with E-state index in [9.17, 15) is 13.2 Å². The van der Waals surface area contributed by atoms with Gasteiger partial charge in [0.1, 0.15) is 0 Å². The van der Waals surface area contributed by atoms with Crippen molar-refractivity contribution in [1.82, 2.24) is 14.5 Å². The first-order valence-corrected chi connectivity index (χ1v) is 10.4. The number of amides is 1. The maximum absolute atomic E-state index is 13.1. The molecule has 0 saturated carbocycles. The Balaban J connectivity index is 0.00000243. The molecule has 26 heavy (non-hydrogen) atoms. The molecule has 1 aromatic rings. The minimum Gasteiger partial charge on any atom is -0.342 e. The van der Waals surface area contributed by atoms with Gasteiger partial charge in [0.2, 0.25) is 15.9 Å². The number of fused-ring (bicyclic) bond motifs is 1. The van der Waals surface area contributed by atoms with E-state index in [1.54, 1.807) is 17.3 Å². The highest BCUT2D eigenvalue weighted by Gasteiger charge is 2.33. The Bertz CT molecular complexity index is 769. The molecule has 2 heterocycles. The summed E-state index contributed by atoms with van der Waals surface area (Å²) < 4.78 is 27.8. The lowest BCUT2D eigenvalue weighted by Gasteiger charge is -2.36. The molecule has 146 valence electrons. The van der Waals surface area contributed by atoms with Crippen LogP contribution in [0.5, 0.6) is 0 Å². The first kappa shape index (κ1) is 21.2. The minimum absolute atomic E-state index is 0. The molecular formula is C18H28ClN3O3S. The number of hydrogen-bond acceptors (Lipinski definition) is 4. The molecule has 0 bridgehead atoms. The van der Waals surface area contributed by atoms with Gasteiger partial charge in [-0.15, -0.1) is 12.4 Å². The zero-order valence-electron chi connectivity index (χ0n) is 15.6. The van der Waals surface area contributed by atoms with Crippen LogP contribution in [0.3, 0.4) is 0 Å². The lowest BCUT2D eigenvalue weighted by Crippen LogP contribution is -2.56. The zero-order chi connectivity index (χ0) is 18.2. The van der Waals surface area contributed by atoms with Gasteiger partial charge in [-0.1, -0.05) is 6.07 Å². The van der Waals surface area contributed by atoms with Crippen molar-refractivity contribution in [2.75, 3.05) is 26.2 Å². The summed E-state index contributed by atoms with van der Waals surface area (Å²) in [6, 6.07) is 5.54. The number of halogens is 1. The van der Waals surface area contributed by atoms with Crippen LogP contribution in [0.2, 0.25) is 0 Å². The molecule has 0 aromatic heterocycles. The smallest absolute Gasteiger partial charge is 0.243 e. The summed E-state index contributed by atoms with van der Waals surface area (Å²) in [5.41, 5.74) is 2.19. The molecule has 2 unspecified atom stereocenters. The summed E-state index contributed by atoms with van der Waals surface area (Å²) >= 11 is 0. The molecule has 8 heteroatoms. The highest BCUT2D eigenvalue weighted by atomic mass is 35.5. The number of sulfonamides is 1. The van der Waals surface area contributed by atoms with E-state index >= 15 is 0 Å². The Labute approximate surface area is 162 Å². The normalized spacial score (nSPS) is 24.3. The third-order valence-electron chi connectivity index (χ3n) is 5.24. The van der Waals surface area contributed by atoms with E-state index in [4.69, 9.17) is 0 Å². The van der Waals surface area contributed by atoms with Gasteiger partial charge in [0.25, 0.3) is 0 Å². The topological polar surface area (TPSA) is 69.7 Å². The Kier molecular flexibility index (Phi) is 6.71. The number of nitrogens with one attached hydrogen (secondary N) is 1. The molecule has 1 fully saturated rings. The van der Waals surface area contributed by atoms with E-state index in [2.05, 4.69) is 5.32 Å². The van der Waals surface area contributed by atoms with E-state index in [-0.39, 0.29) is 30.4 Å².